The first-order chi connectivity index (χ1) is 19.9. The van der Waals surface area contributed by atoms with Gasteiger partial charge in [-0.05, 0) is 37.3 Å². The van der Waals surface area contributed by atoms with Gasteiger partial charge in [0, 0.05) is 62.3 Å². The summed E-state index contributed by atoms with van der Waals surface area (Å²) in [5.41, 5.74) is 5.55. The molecule has 5 N–H and O–H groups in total. The highest BCUT2D eigenvalue weighted by Gasteiger charge is 2.34. The fourth-order valence-electron chi connectivity index (χ4n) is 5.46. The van der Waals surface area contributed by atoms with Crippen LogP contribution in [0, 0.1) is 11.8 Å². The van der Waals surface area contributed by atoms with Crippen LogP contribution in [0.25, 0.3) is 0 Å². The summed E-state index contributed by atoms with van der Waals surface area (Å²) in [5, 5.41) is 9.86. The molecule has 0 radical (unpaired) electrons. The molecule has 44 heavy (non-hydrogen) atoms. The van der Waals surface area contributed by atoms with Crippen molar-refractivity contribution >= 4 is 48.5 Å². The average Bonchev–Trinajstić information content (AvgIpc) is 3.48. The van der Waals surface area contributed by atoms with Gasteiger partial charge in [0.1, 0.15) is 23.0 Å². The van der Waals surface area contributed by atoms with E-state index in [2.05, 4.69) is 34.8 Å². The molecule has 2 atom stereocenters. The molecule has 2 saturated heterocycles. The Morgan fingerprint density at radius 1 is 1.18 bits per heavy atom. The van der Waals surface area contributed by atoms with Crippen molar-refractivity contribution in [2.45, 2.75) is 77.9 Å². The van der Waals surface area contributed by atoms with Crippen LogP contribution in [0.2, 0.25) is 0 Å². The van der Waals surface area contributed by atoms with E-state index >= 15 is 0 Å². The van der Waals surface area contributed by atoms with Gasteiger partial charge in [-0.3, -0.25) is 9.59 Å². The van der Waals surface area contributed by atoms with Crippen LogP contribution < -0.4 is 21.7 Å². The number of halogens is 2. The molecule has 0 spiro atoms. The molecule has 2 aromatic heterocycles. The maximum atomic E-state index is 14.2. The molecule has 2 aromatic rings. The molecule has 2 aliphatic heterocycles. The van der Waals surface area contributed by atoms with E-state index in [1.165, 1.54) is 0 Å². The zero-order valence-corrected chi connectivity index (χ0v) is 27.9. The highest BCUT2D eigenvalue weighted by molar-refractivity contribution is 5.98. The van der Waals surface area contributed by atoms with Crippen molar-refractivity contribution in [3.8, 4) is 0 Å². The van der Waals surface area contributed by atoms with Crippen LogP contribution in [0.5, 0.6) is 0 Å². The first kappa shape index (κ1) is 37.1. The third-order valence-corrected chi connectivity index (χ3v) is 7.80. The summed E-state index contributed by atoms with van der Waals surface area (Å²) in [5.74, 6) is 1.43. The number of anilines is 1. The van der Waals surface area contributed by atoms with Crippen molar-refractivity contribution in [1.29, 1.82) is 0 Å². The van der Waals surface area contributed by atoms with Crippen molar-refractivity contribution in [3.05, 3.63) is 41.7 Å². The minimum Gasteiger partial charge on any atom is -0.467 e. The predicted octanol–water partition coefficient (Wildman–Crippen LogP) is 3.56. The van der Waals surface area contributed by atoms with Gasteiger partial charge < -0.3 is 35.9 Å². The van der Waals surface area contributed by atoms with Crippen LogP contribution in [-0.4, -0.2) is 82.4 Å². The van der Waals surface area contributed by atoms with Crippen LogP contribution in [-0.2, 0) is 16.8 Å². The first-order valence-corrected chi connectivity index (χ1v) is 14.9. The molecule has 0 aliphatic carbocycles. The predicted molar refractivity (Wildman–Crippen MR) is 174 cm³/mol. The summed E-state index contributed by atoms with van der Waals surface area (Å²) in [7, 11) is 0. The van der Waals surface area contributed by atoms with Crippen LogP contribution in [0.3, 0.4) is 0 Å². The van der Waals surface area contributed by atoms with Gasteiger partial charge in [0.2, 0.25) is 5.91 Å². The van der Waals surface area contributed by atoms with Crippen molar-refractivity contribution in [2.75, 3.05) is 38.0 Å². The highest BCUT2D eigenvalue weighted by Crippen LogP contribution is 2.25. The van der Waals surface area contributed by atoms with Gasteiger partial charge in [0.15, 0.2) is 0 Å². The molecular weight excluding hydrogens is 607 g/mol. The smallest absolute Gasteiger partial charge is 0.317 e. The Balaban J connectivity index is 0.00000337. The molecule has 2 fully saturated rings. The summed E-state index contributed by atoms with van der Waals surface area (Å²) in [6, 6.07) is 3.25. The molecule has 12 nitrogen and oxygen atoms in total. The summed E-state index contributed by atoms with van der Waals surface area (Å²) >= 11 is 0. The minimum atomic E-state index is -0.304. The normalized spacial score (nSPS) is 19.0. The van der Waals surface area contributed by atoms with E-state index in [0.29, 0.717) is 75.7 Å². The Hall–Kier alpha value is -3.09. The summed E-state index contributed by atoms with van der Waals surface area (Å²) in [6.45, 7) is 13.4. The van der Waals surface area contributed by atoms with E-state index in [1.54, 1.807) is 17.4 Å². The van der Waals surface area contributed by atoms with Gasteiger partial charge in [0.05, 0.1) is 12.8 Å². The second-order valence-electron chi connectivity index (χ2n) is 12.8. The summed E-state index contributed by atoms with van der Waals surface area (Å²) in [4.78, 5) is 51.7. The first-order valence-electron chi connectivity index (χ1n) is 14.9. The fourth-order valence-corrected chi connectivity index (χ4v) is 5.46. The zero-order valence-electron chi connectivity index (χ0n) is 26.3. The summed E-state index contributed by atoms with van der Waals surface area (Å²) < 4.78 is 5.48. The number of primary amides is 1. The molecule has 4 rings (SSSR count). The number of urea groups is 1. The van der Waals surface area contributed by atoms with Gasteiger partial charge in [-0.25, -0.2) is 14.8 Å². The molecular formula is C30H48Cl2N8O4. The van der Waals surface area contributed by atoms with Crippen LogP contribution in [0.1, 0.15) is 75.8 Å². The van der Waals surface area contributed by atoms with Gasteiger partial charge in [-0.15, -0.1) is 24.8 Å². The van der Waals surface area contributed by atoms with Gasteiger partial charge in [0.25, 0.3) is 5.91 Å². The van der Waals surface area contributed by atoms with Gasteiger partial charge in [-0.2, -0.15) is 0 Å². The number of likely N-dealkylation sites (tertiary alicyclic amines) is 1. The number of rotatable bonds is 9. The number of carbonyl (C=O) groups is 3. The molecule has 0 unspecified atom stereocenters. The lowest BCUT2D eigenvalue weighted by atomic mass is 9.95. The van der Waals surface area contributed by atoms with Crippen molar-refractivity contribution in [2.24, 2.45) is 17.6 Å². The Labute approximate surface area is 272 Å². The molecule has 14 heteroatoms. The van der Waals surface area contributed by atoms with Crippen LogP contribution >= 0.6 is 24.8 Å². The highest BCUT2D eigenvalue weighted by atomic mass is 35.5. The van der Waals surface area contributed by atoms with E-state index in [4.69, 9.17) is 15.1 Å². The maximum absolute atomic E-state index is 14.2. The quantitative estimate of drug-likeness (QED) is 0.319. The van der Waals surface area contributed by atoms with Crippen molar-refractivity contribution in [1.82, 2.24) is 30.4 Å². The molecule has 246 valence electrons. The zero-order chi connectivity index (χ0) is 30.4. The van der Waals surface area contributed by atoms with Crippen LogP contribution in [0.15, 0.2) is 29.0 Å². The third kappa shape index (κ3) is 9.70. The minimum absolute atomic E-state index is 0. The Kier molecular flexibility index (Phi) is 13.7. The number of hydrogen-bond donors (Lipinski definition) is 4. The second kappa shape index (κ2) is 16.3. The number of nitrogens with two attached hydrogens (primary N) is 1. The van der Waals surface area contributed by atoms with E-state index < -0.39 is 0 Å². The monoisotopic (exact) mass is 654 g/mol. The number of nitrogens with zero attached hydrogens (tertiary/aromatic N) is 4. The second-order valence-corrected chi connectivity index (χ2v) is 12.8. The number of aromatic nitrogens is 2. The largest absolute Gasteiger partial charge is 0.467 e. The molecule has 2 aliphatic rings. The number of hydrogen-bond acceptors (Lipinski definition) is 8. The Morgan fingerprint density at radius 3 is 2.48 bits per heavy atom. The lowest BCUT2D eigenvalue weighted by Gasteiger charge is -2.40. The maximum Gasteiger partial charge on any atom is 0.317 e. The molecule has 0 aromatic carbocycles. The molecule has 4 amide bonds. The Bertz CT molecular complexity index is 1230. The Morgan fingerprint density at radius 2 is 1.89 bits per heavy atom. The lowest BCUT2D eigenvalue weighted by molar-refractivity contribution is -0.123. The van der Waals surface area contributed by atoms with E-state index in [0.717, 1.165) is 5.76 Å². The van der Waals surface area contributed by atoms with Gasteiger partial charge in [-0.1, -0.05) is 34.6 Å². The topological polar surface area (TPSA) is 159 Å². The van der Waals surface area contributed by atoms with Crippen molar-refractivity contribution in [3.63, 3.8) is 0 Å². The SMILES string of the molecule is CC(C)CN(C(=O)c1cnc(C(C)(C)C)nc1NCc1ccco1)[C@@H]1CNC[C@H](NC(=O)N2CCC(C(N)=O)CC2)C1.Cl.Cl. The number of amides is 4. The van der Waals surface area contributed by atoms with Crippen molar-refractivity contribution < 1.29 is 18.8 Å². The van der Waals surface area contributed by atoms with Gasteiger partial charge >= 0.3 is 6.03 Å². The lowest BCUT2D eigenvalue weighted by Crippen LogP contribution is -2.59. The molecule has 4 heterocycles. The van der Waals surface area contributed by atoms with E-state index in [-0.39, 0.29) is 72.0 Å². The number of piperidine rings is 2. The standard InChI is InChI=1S/C30H46N8O4.2ClH/c1-19(2)18-38(22-13-21(14-32-15-22)35-29(41)37-10-8-20(9-11-37)25(31)39)27(40)24-17-34-28(30(3,4)5)36-26(24)33-16-23-7-6-12-42-23;;/h6-7,12,17,19-22,32H,8-11,13-16,18H2,1-5H3,(H2,31,39)(H,35,41)(H,33,34,36);2*1H/t21-,22+;;/m1../s1. The third-order valence-electron chi connectivity index (χ3n) is 7.80. The fraction of sp³-hybridized carbons (Fsp3) is 0.633. The number of nitrogens with one attached hydrogen (secondary N) is 3. The molecule has 0 saturated carbocycles. The summed E-state index contributed by atoms with van der Waals surface area (Å²) in [6.07, 6.45) is 5.01. The van der Waals surface area contributed by atoms with E-state index in [9.17, 15) is 14.4 Å². The van der Waals surface area contributed by atoms with Crippen LogP contribution in [0.4, 0.5) is 10.6 Å². The number of furan rings is 1. The molecule has 0 bridgehead atoms. The number of carbonyl (C=O) groups excluding carboxylic acids is 3. The van der Waals surface area contributed by atoms with E-state index in [1.807, 2.05) is 37.8 Å². The average molecular weight is 656 g/mol.